The molecule has 0 aliphatic carbocycles. The van der Waals surface area contributed by atoms with E-state index in [-0.39, 0.29) is 5.91 Å². The van der Waals surface area contributed by atoms with Crippen molar-refractivity contribution in [1.29, 1.82) is 0 Å². The molecule has 1 N–H and O–H groups in total. The summed E-state index contributed by atoms with van der Waals surface area (Å²) in [6.45, 7) is 3.89. The summed E-state index contributed by atoms with van der Waals surface area (Å²) in [5.74, 6) is -0.194. The fraction of sp³-hybridized carbons (Fsp3) is 0.556. The zero-order valence-electron chi connectivity index (χ0n) is 13.2. The predicted molar refractivity (Wildman–Crippen MR) is 86.5 cm³/mol. The molecule has 1 aromatic rings. The molecule has 0 saturated carbocycles. The molecule has 0 heterocycles. The topological polar surface area (TPSA) is 46.2 Å². The van der Waals surface area contributed by atoms with E-state index in [1.54, 1.807) is 6.92 Å². The number of benzene rings is 1. The Bertz CT molecular complexity index is 425. The van der Waals surface area contributed by atoms with Crippen LogP contribution in [0.4, 0.5) is 0 Å². The van der Waals surface area contributed by atoms with Crippen LogP contribution in [0.1, 0.15) is 68.3 Å². The fourth-order valence-corrected chi connectivity index (χ4v) is 2.26. The summed E-state index contributed by atoms with van der Waals surface area (Å²) in [6, 6.07) is 7.23. The van der Waals surface area contributed by atoms with Gasteiger partial charge in [0.2, 0.25) is 0 Å². The van der Waals surface area contributed by atoms with Gasteiger partial charge in [0.05, 0.1) is 6.04 Å². The van der Waals surface area contributed by atoms with E-state index in [2.05, 4.69) is 12.2 Å². The van der Waals surface area contributed by atoms with Gasteiger partial charge in [-0.25, -0.2) is 0 Å². The lowest BCUT2D eigenvalue weighted by atomic mass is 10.0. The Morgan fingerprint density at radius 3 is 2.33 bits per heavy atom. The maximum Gasteiger partial charge on any atom is 0.251 e. The first kappa shape index (κ1) is 17.4. The van der Waals surface area contributed by atoms with Crippen LogP contribution in [-0.2, 0) is 11.2 Å². The number of rotatable bonds is 10. The van der Waals surface area contributed by atoms with E-state index >= 15 is 0 Å². The number of amides is 1. The van der Waals surface area contributed by atoms with Crippen molar-refractivity contribution >= 4 is 12.2 Å². The van der Waals surface area contributed by atoms with Crippen LogP contribution in [0.2, 0.25) is 0 Å². The summed E-state index contributed by atoms with van der Waals surface area (Å²) in [4.78, 5) is 22.3. The molecule has 0 unspecified atom stereocenters. The normalized spacial score (nSPS) is 11.9. The minimum atomic E-state index is -0.444. The first-order chi connectivity index (χ1) is 10.2. The average molecular weight is 289 g/mol. The molecule has 0 aliphatic rings. The van der Waals surface area contributed by atoms with E-state index in [9.17, 15) is 9.59 Å². The van der Waals surface area contributed by atoms with Crippen LogP contribution in [0.5, 0.6) is 0 Å². The Morgan fingerprint density at radius 1 is 1.10 bits per heavy atom. The molecule has 0 saturated heterocycles. The smallest absolute Gasteiger partial charge is 0.251 e. The number of hydrogen-bond donors (Lipinski definition) is 1. The van der Waals surface area contributed by atoms with Crippen molar-refractivity contribution in [3.63, 3.8) is 0 Å². The van der Waals surface area contributed by atoms with Crippen LogP contribution in [0.25, 0.3) is 0 Å². The summed E-state index contributed by atoms with van der Waals surface area (Å²) in [5.41, 5.74) is 1.88. The maximum atomic E-state index is 11.8. The molecule has 0 bridgehead atoms. The Labute approximate surface area is 128 Å². The molecule has 0 aromatic heterocycles. The Hall–Kier alpha value is -1.64. The molecule has 0 spiro atoms. The van der Waals surface area contributed by atoms with E-state index < -0.39 is 6.04 Å². The number of nitrogens with one attached hydrogen (secondary N) is 1. The van der Waals surface area contributed by atoms with Crippen LogP contribution < -0.4 is 5.32 Å². The van der Waals surface area contributed by atoms with Crippen LogP contribution in [0.15, 0.2) is 24.3 Å². The van der Waals surface area contributed by atoms with Gasteiger partial charge in [-0.2, -0.15) is 0 Å². The summed E-state index contributed by atoms with van der Waals surface area (Å²) < 4.78 is 0. The number of aldehydes is 1. The number of hydrogen-bond acceptors (Lipinski definition) is 2. The second-order valence-electron chi connectivity index (χ2n) is 5.61. The molecule has 1 amide bonds. The van der Waals surface area contributed by atoms with E-state index in [0.717, 1.165) is 12.7 Å². The number of unbranched alkanes of at least 4 members (excludes halogenated alkanes) is 5. The lowest BCUT2D eigenvalue weighted by Gasteiger charge is -2.08. The van der Waals surface area contributed by atoms with Gasteiger partial charge in [-0.3, -0.25) is 4.79 Å². The molecule has 1 atom stereocenters. The van der Waals surface area contributed by atoms with Gasteiger partial charge in [-0.05, 0) is 37.5 Å². The SMILES string of the molecule is CCCCCCCCc1ccc(C(=O)N[C@@H](C)C=O)cc1. The molecule has 0 radical (unpaired) electrons. The molecule has 21 heavy (non-hydrogen) atoms. The standard InChI is InChI=1S/C18H27NO2/c1-3-4-5-6-7-8-9-16-10-12-17(13-11-16)18(21)19-15(2)14-20/h10-15H,3-9H2,1-2H3,(H,19,21)/t15-/m0/s1. The van der Waals surface area contributed by atoms with Gasteiger partial charge in [0, 0.05) is 5.56 Å². The van der Waals surface area contributed by atoms with Gasteiger partial charge in [0.25, 0.3) is 5.91 Å². The molecule has 3 heteroatoms. The van der Waals surface area contributed by atoms with E-state index in [0.29, 0.717) is 5.56 Å². The van der Waals surface area contributed by atoms with Crippen molar-refractivity contribution in [3.05, 3.63) is 35.4 Å². The van der Waals surface area contributed by atoms with Crippen molar-refractivity contribution in [2.24, 2.45) is 0 Å². The fourth-order valence-electron chi connectivity index (χ4n) is 2.26. The lowest BCUT2D eigenvalue weighted by Crippen LogP contribution is -2.33. The van der Waals surface area contributed by atoms with Gasteiger partial charge < -0.3 is 10.1 Å². The highest BCUT2D eigenvalue weighted by Gasteiger charge is 2.08. The quantitative estimate of drug-likeness (QED) is 0.524. The number of carbonyl (C=O) groups excluding carboxylic acids is 2. The predicted octanol–water partition coefficient (Wildman–Crippen LogP) is 3.91. The maximum absolute atomic E-state index is 11.8. The van der Waals surface area contributed by atoms with Gasteiger partial charge in [0.15, 0.2) is 0 Å². The third-order valence-corrected chi connectivity index (χ3v) is 3.60. The summed E-state index contributed by atoms with van der Waals surface area (Å²) in [5, 5.41) is 2.63. The molecular formula is C18H27NO2. The molecule has 1 rings (SSSR count). The third-order valence-electron chi connectivity index (χ3n) is 3.60. The van der Waals surface area contributed by atoms with E-state index in [1.807, 2.05) is 24.3 Å². The zero-order valence-corrected chi connectivity index (χ0v) is 13.2. The second-order valence-corrected chi connectivity index (χ2v) is 5.61. The summed E-state index contributed by atoms with van der Waals surface area (Å²) in [7, 11) is 0. The Morgan fingerprint density at radius 2 is 1.71 bits per heavy atom. The highest BCUT2D eigenvalue weighted by Crippen LogP contribution is 2.11. The van der Waals surface area contributed by atoms with Crippen LogP contribution in [0, 0.1) is 0 Å². The van der Waals surface area contributed by atoms with E-state index in [4.69, 9.17) is 0 Å². The molecule has 116 valence electrons. The average Bonchev–Trinajstić information content (AvgIpc) is 2.51. The largest absolute Gasteiger partial charge is 0.343 e. The molecule has 0 aliphatic heterocycles. The lowest BCUT2D eigenvalue weighted by molar-refractivity contribution is -0.109. The molecule has 3 nitrogen and oxygen atoms in total. The van der Waals surface area contributed by atoms with Crippen LogP contribution in [0.3, 0.4) is 0 Å². The molecule has 0 fully saturated rings. The zero-order chi connectivity index (χ0) is 15.5. The van der Waals surface area contributed by atoms with Gasteiger partial charge in [-0.15, -0.1) is 0 Å². The van der Waals surface area contributed by atoms with Crippen molar-refractivity contribution in [1.82, 2.24) is 5.32 Å². The van der Waals surface area contributed by atoms with Crippen molar-refractivity contribution in [2.75, 3.05) is 0 Å². The second kappa shape index (κ2) is 10.1. The van der Waals surface area contributed by atoms with Gasteiger partial charge >= 0.3 is 0 Å². The number of aryl methyl sites for hydroxylation is 1. The minimum absolute atomic E-state index is 0.194. The van der Waals surface area contributed by atoms with Crippen molar-refractivity contribution in [2.45, 2.75) is 64.8 Å². The monoisotopic (exact) mass is 289 g/mol. The molecule has 1 aromatic carbocycles. The Balaban J connectivity index is 2.33. The summed E-state index contributed by atoms with van der Waals surface area (Å²) in [6.07, 6.45) is 9.55. The third kappa shape index (κ3) is 7.07. The molecular weight excluding hydrogens is 262 g/mol. The van der Waals surface area contributed by atoms with E-state index in [1.165, 1.54) is 44.1 Å². The number of carbonyl (C=O) groups is 2. The van der Waals surface area contributed by atoms with Crippen LogP contribution in [-0.4, -0.2) is 18.2 Å². The van der Waals surface area contributed by atoms with Gasteiger partial charge in [-0.1, -0.05) is 51.2 Å². The first-order valence-electron chi connectivity index (χ1n) is 8.02. The van der Waals surface area contributed by atoms with Crippen LogP contribution >= 0.6 is 0 Å². The van der Waals surface area contributed by atoms with Gasteiger partial charge in [0.1, 0.15) is 6.29 Å². The minimum Gasteiger partial charge on any atom is -0.343 e. The Kier molecular flexibility index (Phi) is 8.41. The highest BCUT2D eigenvalue weighted by molar-refractivity contribution is 5.95. The van der Waals surface area contributed by atoms with Crippen molar-refractivity contribution in [3.8, 4) is 0 Å². The first-order valence-corrected chi connectivity index (χ1v) is 8.02. The highest BCUT2D eigenvalue weighted by atomic mass is 16.2. The van der Waals surface area contributed by atoms with Crippen molar-refractivity contribution < 1.29 is 9.59 Å². The summed E-state index contributed by atoms with van der Waals surface area (Å²) >= 11 is 0.